The van der Waals surface area contributed by atoms with Crippen molar-refractivity contribution >= 4 is 82.0 Å². The minimum Gasteiger partial charge on any atom is -0.791 e. The molecular formula is C9H18BiN3O6S3. The van der Waals surface area contributed by atoms with Crippen LogP contribution in [0, 0.1) is 0 Å². The van der Waals surface area contributed by atoms with E-state index in [2.05, 4.69) is 37.9 Å². The fraction of sp³-hybridized carbons (Fsp3) is 0.667. The zero-order valence-electron chi connectivity index (χ0n) is 11.3. The summed E-state index contributed by atoms with van der Waals surface area (Å²) in [4.78, 5) is 29.2. The molecule has 22 heavy (non-hydrogen) atoms. The van der Waals surface area contributed by atoms with Crippen LogP contribution >= 0.6 is 0 Å². The average molecular weight is 569 g/mol. The van der Waals surface area contributed by atoms with Gasteiger partial charge in [-0.2, -0.15) is 17.3 Å². The molecule has 0 aromatic carbocycles. The van der Waals surface area contributed by atoms with Gasteiger partial charge in [0.05, 0.1) is 18.1 Å². The monoisotopic (exact) mass is 569 g/mol. The van der Waals surface area contributed by atoms with Crippen LogP contribution in [0.15, 0.2) is 0 Å². The number of carboxylic acid groups (broad SMARTS) is 3. The first-order valence-electron chi connectivity index (χ1n) is 5.24. The number of aliphatic carboxylic acids is 3. The van der Waals surface area contributed by atoms with Gasteiger partial charge in [-0.15, -0.1) is 0 Å². The van der Waals surface area contributed by atoms with Gasteiger partial charge in [0.2, 0.25) is 0 Å². The summed E-state index contributed by atoms with van der Waals surface area (Å²) in [5.41, 5.74) is 14.7. The van der Waals surface area contributed by atoms with Gasteiger partial charge in [-0.3, -0.25) is 14.4 Å². The van der Waals surface area contributed by atoms with Gasteiger partial charge in [0.1, 0.15) is 0 Å². The standard InChI is InChI=1S/3C3H7NO2S.Bi/c3*4-2(1-7)3(5)6;/h3*2,7H,1,4H2,(H,5,6);/q;;;+3/p-3. The number of carbonyl (C=O) groups is 3. The smallest absolute Gasteiger partial charge is 0.791 e. The SMILES string of the molecule is NC(C[S-])C(=O)O.NC(C[S-])C(=O)O.NC(C[S-])C(=O)O.[Bi+3]. The average Bonchev–Trinajstić information content (AvgIpc) is 2.45. The molecule has 13 heteroatoms. The molecule has 3 atom stereocenters. The van der Waals surface area contributed by atoms with E-state index < -0.39 is 36.0 Å². The molecule has 9 nitrogen and oxygen atoms in total. The van der Waals surface area contributed by atoms with Crippen LogP contribution in [0.5, 0.6) is 0 Å². The molecule has 0 aromatic heterocycles. The van der Waals surface area contributed by atoms with Crippen molar-refractivity contribution < 1.29 is 29.7 Å². The summed E-state index contributed by atoms with van der Waals surface area (Å²) < 4.78 is 0. The van der Waals surface area contributed by atoms with Crippen LogP contribution < -0.4 is 17.2 Å². The third-order valence-corrected chi connectivity index (χ3v) is 2.57. The fourth-order valence-corrected chi connectivity index (χ4v) is 0.642. The van der Waals surface area contributed by atoms with E-state index >= 15 is 0 Å². The van der Waals surface area contributed by atoms with Crippen molar-refractivity contribution in [1.82, 2.24) is 0 Å². The molecular weight excluding hydrogens is 551 g/mol. The number of hydrogen-bond acceptors (Lipinski definition) is 9. The Bertz CT molecular complexity index is 279. The van der Waals surface area contributed by atoms with E-state index in [0.29, 0.717) is 0 Å². The second kappa shape index (κ2) is 19.3. The maximum absolute atomic E-state index is 9.74. The first-order valence-corrected chi connectivity index (χ1v) is 6.97. The molecule has 0 aliphatic rings. The van der Waals surface area contributed by atoms with Crippen LogP contribution in [0.4, 0.5) is 0 Å². The predicted octanol–water partition coefficient (Wildman–Crippen LogP) is -3.55. The normalized spacial score (nSPS) is 12.8. The topological polar surface area (TPSA) is 190 Å². The number of nitrogens with two attached hydrogens (primary N) is 3. The molecule has 0 spiro atoms. The zero-order chi connectivity index (χ0) is 17.6. The molecule has 0 amide bonds. The van der Waals surface area contributed by atoms with Crippen LogP contribution in [0.25, 0.3) is 0 Å². The van der Waals surface area contributed by atoms with Crippen molar-refractivity contribution in [2.75, 3.05) is 17.3 Å². The summed E-state index contributed by atoms with van der Waals surface area (Å²) in [7, 11) is 0. The van der Waals surface area contributed by atoms with Crippen molar-refractivity contribution in [1.29, 1.82) is 0 Å². The van der Waals surface area contributed by atoms with Gasteiger partial charge in [-0.05, 0) is 0 Å². The zero-order valence-corrected chi connectivity index (χ0v) is 17.3. The van der Waals surface area contributed by atoms with Crippen LogP contribution in [-0.4, -0.2) is 94.8 Å². The van der Waals surface area contributed by atoms with E-state index in [0.717, 1.165) is 0 Å². The van der Waals surface area contributed by atoms with E-state index in [1.54, 1.807) is 0 Å². The Hall–Kier alpha value is 0.223. The summed E-state index contributed by atoms with van der Waals surface area (Å²) in [5, 5.41) is 24.0. The van der Waals surface area contributed by atoms with Crippen LogP contribution in [0.1, 0.15) is 0 Å². The van der Waals surface area contributed by atoms with E-state index in [-0.39, 0.29) is 43.5 Å². The molecule has 128 valence electrons. The molecule has 0 rings (SSSR count). The van der Waals surface area contributed by atoms with Gasteiger partial charge in [-0.25, -0.2) is 0 Å². The second-order valence-corrected chi connectivity index (χ2v) is 4.33. The van der Waals surface area contributed by atoms with Crippen LogP contribution in [0.2, 0.25) is 0 Å². The summed E-state index contributed by atoms with van der Waals surface area (Å²) in [5.74, 6) is -2.86. The maximum atomic E-state index is 9.74. The number of rotatable bonds is 6. The molecule has 0 heterocycles. The Morgan fingerprint density at radius 1 is 0.682 bits per heavy atom. The predicted molar refractivity (Wildman–Crippen MR) is 89.3 cm³/mol. The Morgan fingerprint density at radius 2 is 0.818 bits per heavy atom. The van der Waals surface area contributed by atoms with Crippen molar-refractivity contribution in [3.05, 3.63) is 0 Å². The van der Waals surface area contributed by atoms with Crippen LogP contribution in [-0.2, 0) is 52.3 Å². The second-order valence-electron chi connectivity index (χ2n) is 3.33. The van der Waals surface area contributed by atoms with Gasteiger partial charge in [0, 0.05) is 0 Å². The van der Waals surface area contributed by atoms with Crippen molar-refractivity contribution in [2.24, 2.45) is 17.2 Å². The molecule has 0 bridgehead atoms. The molecule has 0 saturated carbocycles. The maximum Gasteiger partial charge on any atom is 3.00 e. The van der Waals surface area contributed by atoms with E-state index in [9.17, 15) is 14.4 Å². The minimum atomic E-state index is -1.03. The quantitative estimate of drug-likeness (QED) is 0.137. The summed E-state index contributed by atoms with van der Waals surface area (Å²) in [6, 6.07) is -2.60. The van der Waals surface area contributed by atoms with E-state index in [1.807, 2.05) is 0 Å². The third kappa shape index (κ3) is 22.5. The molecule has 0 saturated heterocycles. The third-order valence-electron chi connectivity index (χ3n) is 1.49. The van der Waals surface area contributed by atoms with E-state index in [1.165, 1.54) is 0 Å². The van der Waals surface area contributed by atoms with Gasteiger partial charge in [0.15, 0.2) is 0 Å². The van der Waals surface area contributed by atoms with Crippen molar-refractivity contribution in [3.8, 4) is 0 Å². The first kappa shape index (κ1) is 30.1. The molecule has 3 unspecified atom stereocenters. The fourth-order valence-electron chi connectivity index (χ4n) is 0.214. The molecule has 2 radical (unpaired) electrons. The summed E-state index contributed by atoms with van der Waals surface area (Å²) >= 11 is 13.0. The molecule has 0 fully saturated rings. The molecule has 0 aromatic rings. The minimum absolute atomic E-state index is 0. The summed E-state index contributed by atoms with van der Waals surface area (Å²) in [6.07, 6.45) is 0. The van der Waals surface area contributed by atoms with Crippen LogP contribution in [0.3, 0.4) is 0 Å². The summed E-state index contributed by atoms with van der Waals surface area (Å²) in [6.45, 7) is 0. The van der Waals surface area contributed by atoms with E-state index in [4.69, 9.17) is 32.5 Å². The largest absolute Gasteiger partial charge is 3.00 e. The van der Waals surface area contributed by atoms with Gasteiger partial charge < -0.3 is 70.4 Å². The Kier molecular flexibility index (Phi) is 26.4. The molecule has 0 aliphatic heterocycles. The van der Waals surface area contributed by atoms with Gasteiger partial charge in [-0.1, -0.05) is 0 Å². The Morgan fingerprint density at radius 3 is 0.818 bits per heavy atom. The Labute approximate surface area is 163 Å². The van der Waals surface area contributed by atoms with Crippen molar-refractivity contribution in [2.45, 2.75) is 18.1 Å². The van der Waals surface area contributed by atoms with Gasteiger partial charge >= 0.3 is 44.1 Å². The number of hydrogen-bond donors (Lipinski definition) is 6. The van der Waals surface area contributed by atoms with Crippen molar-refractivity contribution in [3.63, 3.8) is 0 Å². The molecule has 0 aliphatic carbocycles. The van der Waals surface area contributed by atoms with Gasteiger partial charge in [0.25, 0.3) is 0 Å². The Balaban J connectivity index is -0.000000108. The molecule has 9 N–H and O–H groups in total. The number of carboxylic acids is 3. The first-order chi connectivity index (χ1) is 9.54.